The lowest BCUT2D eigenvalue weighted by atomic mass is 9.97. The lowest BCUT2D eigenvalue weighted by molar-refractivity contribution is 0.00318. The highest BCUT2D eigenvalue weighted by atomic mass is 79.9. The molecule has 0 bridgehead atoms. The normalized spacial score (nSPS) is 14.9. The van der Waals surface area contributed by atoms with E-state index in [2.05, 4.69) is 15.9 Å². The van der Waals surface area contributed by atoms with Gasteiger partial charge < -0.3 is 14.9 Å². The van der Waals surface area contributed by atoms with Gasteiger partial charge in [0, 0.05) is 5.33 Å². The molecule has 4 heteroatoms. The summed E-state index contributed by atoms with van der Waals surface area (Å²) < 4.78 is 4.99. The van der Waals surface area contributed by atoms with E-state index in [1.54, 1.807) is 31.4 Å². The van der Waals surface area contributed by atoms with E-state index in [0.29, 0.717) is 10.9 Å². The Labute approximate surface area is 91.5 Å². The molecule has 0 amide bonds. The first-order chi connectivity index (χ1) is 6.66. The lowest BCUT2D eigenvalue weighted by Gasteiger charge is -2.23. The van der Waals surface area contributed by atoms with Crippen LogP contribution in [0, 0.1) is 0 Å². The Morgan fingerprint density at radius 1 is 1.36 bits per heavy atom. The summed E-state index contributed by atoms with van der Waals surface area (Å²) in [4.78, 5) is 0. The van der Waals surface area contributed by atoms with Crippen LogP contribution in [-0.4, -0.2) is 29.3 Å². The number of hydrogen-bond donors (Lipinski definition) is 2. The largest absolute Gasteiger partial charge is 0.497 e. The van der Waals surface area contributed by atoms with Crippen molar-refractivity contribution in [1.82, 2.24) is 0 Å². The second-order valence-corrected chi connectivity index (χ2v) is 3.61. The van der Waals surface area contributed by atoms with Crippen LogP contribution in [-0.2, 0) is 5.60 Å². The molecule has 0 fully saturated rings. The molecule has 2 N–H and O–H groups in total. The number of aliphatic hydroxyl groups is 2. The lowest BCUT2D eigenvalue weighted by Crippen LogP contribution is -2.31. The van der Waals surface area contributed by atoms with Crippen molar-refractivity contribution in [3.05, 3.63) is 29.8 Å². The van der Waals surface area contributed by atoms with Gasteiger partial charge in [0.05, 0.1) is 13.7 Å². The third kappa shape index (κ3) is 2.26. The van der Waals surface area contributed by atoms with E-state index in [1.807, 2.05) is 0 Å². The zero-order valence-corrected chi connectivity index (χ0v) is 9.49. The Morgan fingerprint density at radius 3 is 2.29 bits per heavy atom. The van der Waals surface area contributed by atoms with E-state index in [0.717, 1.165) is 5.75 Å². The monoisotopic (exact) mass is 260 g/mol. The van der Waals surface area contributed by atoms with E-state index in [-0.39, 0.29) is 6.61 Å². The Kier molecular flexibility index (Phi) is 3.92. The number of benzene rings is 1. The number of alkyl halides is 1. The van der Waals surface area contributed by atoms with Gasteiger partial charge >= 0.3 is 0 Å². The number of rotatable bonds is 4. The molecule has 0 saturated carbocycles. The molecule has 3 nitrogen and oxygen atoms in total. The van der Waals surface area contributed by atoms with Crippen LogP contribution in [0.3, 0.4) is 0 Å². The van der Waals surface area contributed by atoms with Crippen molar-refractivity contribution in [1.29, 1.82) is 0 Å². The fraction of sp³-hybridized carbons (Fsp3) is 0.400. The van der Waals surface area contributed by atoms with E-state index in [9.17, 15) is 5.11 Å². The van der Waals surface area contributed by atoms with E-state index >= 15 is 0 Å². The maximum Gasteiger partial charge on any atom is 0.122 e. The maximum absolute atomic E-state index is 9.93. The van der Waals surface area contributed by atoms with Crippen LogP contribution in [0.2, 0.25) is 0 Å². The molecule has 14 heavy (non-hydrogen) atoms. The van der Waals surface area contributed by atoms with Crippen LogP contribution < -0.4 is 4.74 Å². The second-order valence-electron chi connectivity index (χ2n) is 3.05. The summed E-state index contributed by atoms with van der Waals surface area (Å²) >= 11 is 3.16. The average molecular weight is 261 g/mol. The quantitative estimate of drug-likeness (QED) is 0.802. The molecule has 1 atom stereocenters. The highest BCUT2D eigenvalue weighted by molar-refractivity contribution is 9.09. The minimum atomic E-state index is -1.22. The van der Waals surface area contributed by atoms with Crippen LogP contribution in [0.4, 0.5) is 0 Å². The summed E-state index contributed by atoms with van der Waals surface area (Å²) in [6, 6.07) is 6.96. The van der Waals surface area contributed by atoms with Gasteiger partial charge in [-0.05, 0) is 17.7 Å². The van der Waals surface area contributed by atoms with Crippen molar-refractivity contribution in [3.63, 3.8) is 0 Å². The van der Waals surface area contributed by atoms with Crippen LogP contribution in [0.15, 0.2) is 24.3 Å². The number of methoxy groups -OCH3 is 1. The maximum atomic E-state index is 9.93. The molecular formula is C10H13BrO3. The molecule has 0 unspecified atom stereocenters. The van der Waals surface area contributed by atoms with Gasteiger partial charge in [-0.1, -0.05) is 28.1 Å². The zero-order chi connectivity index (χ0) is 10.6. The summed E-state index contributed by atoms with van der Waals surface area (Å²) in [6.45, 7) is -0.315. The predicted octanol–water partition coefficient (Wildman–Crippen LogP) is 1.27. The smallest absolute Gasteiger partial charge is 0.122 e. The summed E-state index contributed by atoms with van der Waals surface area (Å²) in [5.41, 5.74) is -0.551. The molecule has 78 valence electrons. The molecule has 0 radical (unpaired) electrons. The van der Waals surface area contributed by atoms with Crippen molar-refractivity contribution < 1.29 is 14.9 Å². The molecule has 0 saturated heterocycles. The molecule has 1 aromatic rings. The number of aliphatic hydroxyl groups excluding tert-OH is 1. The summed E-state index contributed by atoms with van der Waals surface area (Å²) in [5.74, 6) is 0.726. The average Bonchev–Trinajstić information content (AvgIpc) is 2.28. The molecule has 0 aliphatic rings. The third-order valence-electron chi connectivity index (χ3n) is 2.11. The van der Waals surface area contributed by atoms with Crippen LogP contribution >= 0.6 is 15.9 Å². The van der Waals surface area contributed by atoms with Crippen molar-refractivity contribution in [2.75, 3.05) is 19.0 Å². The first kappa shape index (κ1) is 11.5. The van der Waals surface area contributed by atoms with Crippen LogP contribution in [0.5, 0.6) is 5.75 Å². The van der Waals surface area contributed by atoms with Gasteiger partial charge in [-0.2, -0.15) is 0 Å². The van der Waals surface area contributed by atoms with Crippen molar-refractivity contribution in [2.45, 2.75) is 5.60 Å². The Balaban J connectivity index is 2.95. The Hall–Kier alpha value is -0.580. The Bertz CT molecular complexity index is 280. The van der Waals surface area contributed by atoms with Gasteiger partial charge in [-0.15, -0.1) is 0 Å². The molecule has 0 aliphatic carbocycles. The predicted molar refractivity (Wildman–Crippen MR) is 57.8 cm³/mol. The van der Waals surface area contributed by atoms with E-state index < -0.39 is 5.60 Å². The van der Waals surface area contributed by atoms with Crippen molar-refractivity contribution in [2.24, 2.45) is 0 Å². The minimum Gasteiger partial charge on any atom is -0.497 e. The molecule has 0 spiro atoms. The standard InChI is InChI=1S/C10H13BrO3/c1-14-9-4-2-8(3-5-9)10(13,6-11)7-12/h2-5,12-13H,6-7H2,1H3/t10-/m1/s1. The third-order valence-corrected chi connectivity index (χ3v) is 3.04. The summed E-state index contributed by atoms with van der Waals surface area (Å²) in [7, 11) is 1.58. The van der Waals surface area contributed by atoms with Gasteiger partial charge in [0.2, 0.25) is 0 Å². The zero-order valence-electron chi connectivity index (χ0n) is 7.90. The van der Waals surface area contributed by atoms with Gasteiger partial charge in [0.1, 0.15) is 11.4 Å². The van der Waals surface area contributed by atoms with Gasteiger partial charge in [0.15, 0.2) is 0 Å². The Morgan fingerprint density at radius 2 is 1.93 bits per heavy atom. The number of hydrogen-bond acceptors (Lipinski definition) is 3. The number of ether oxygens (including phenoxy) is 1. The minimum absolute atomic E-state index is 0.294. The molecule has 0 aliphatic heterocycles. The molecule has 0 heterocycles. The fourth-order valence-electron chi connectivity index (χ4n) is 1.11. The summed E-state index contributed by atoms with van der Waals surface area (Å²) in [6.07, 6.45) is 0. The highest BCUT2D eigenvalue weighted by Gasteiger charge is 2.26. The molecule has 0 aromatic heterocycles. The van der Waals surface area contributed by atoms with Gasteiger partial charge in [0.25, 0.3) is 0 Å². The highest BCUT2D eigenvalue weighted by Crippen LogP contribution is 2.24. The molecular weight excluding hydrogens is 248 g/mol. The van der Waals surface area contributed by atoms with Crippen molar-refractivity contribution in [3.8, 4) is 5.75 Å². The van der Waals surface area contributed by atoms with Crippen molar-refractivity contribution >= 4 is 15.9 Å². The van der Waals surface area contributed by atoms with Gasteiger partial charge in [-0.3, -0.25) is 0 Å². The molecule has 1 rings (SSSR count). The van der Waals surface area contributed by atoms with Crippen LogP contribution in [0.1, 0.15) is 5.56 Å². The fourth-order valence-corrected chi connectivity index (χ4v) is 1.61. The first-order valence-corrected chi connectivity index (χ1v) is 5.32. The van der Waals surface area contributed by atoms with Crippen LogP contribution in [0.25, 0.3) is 0 Å². The number of halogens is 1. The summed E-state index contributed by atoms with van der Waals surface area (Å²) in [5, 5.41) is 19.3. The van der Waals surface area contributed by atoms with E-state index in [4.69, 9.17) is 9.84 Å². The van der Waals surface area contributed by atoms with Gasteiger partial charge in [-0.25, -0.2) is 0 Å². The van der Waals surface area contributed by atoms with E-state index in [1.165, 1.54) is 0 Å². The topological polar surface area (TPSA) is 49.7 Å². The SMILES string of the molecule is COc1ccc([C@](O)(CO)CBr)cc1. The second kappa shape index (κ2) is 4.77. The first-order valence-electron chi connectivity index (χ1n) is 4.20. The molecule has 1 aromatic carbocycles.